The maximum absolute atomic E-state index is 8.68. The predicted octanol–water partition coefficient (Wildman–Crippen LogP) is -0.349. The summed E-state index contributed by atoms with van der Waals surface area (Å²) in [5, 5.41) is 17.5. The molecule has 21 heavy (non-hydrogen) atoms. The first-order valence-corrected chi connectivity index (χ1v) is 6.81. The minimum absolute atomic E-state index is 0.497. The number of nitrogens with one attached hydrogen (secondary N) is 3. The highest BCUT2D eigenvalue weighted by atomic mass is 16.3. The second-order valence-electron chi connectivity index (χ2n) is 4.73. The van der Waals surface area contributed by atoms with Crippen molar-refractivity contribution in [1.82, 2.24) is 25.8 Å². The zero-order valence-electron chi connectivity index (χ0n) is 12.8. The van der Waals surface area contributed by atoms with Gasteiger partial charge in [0.1, 0.15) is 5.76 Å². The molecule has 1 aromatic rings. The van der Waals surface area contributed by atoms with Crippen LogP contribution in [0.3, 0.4) is 0 Å². The lowest BCUT2D eigenvalue weighted by Gasteiger charge is -2.10. The smallest absolute Gasteiger partial charge is 0.204 e. The normalized spacial score (nSPS) is 11.5. The third kappa shape index (κ3) is 7.29. The van der Waals surface area contributed by atoms with Gasteiger partial charge in [-0.1, -0.05) is 0 Å². The molecule has 0 aliphatic heterocycles. The van der Waals surface area contributed by atoms with Crippen molar-refractivity contribution in [3.8, 4) is 6.19 Å². The zero-order valence-corrected chi connectivity index (χ0v) is 12.8. The van der Waals surface area contributed by atoms with E-state index in [9.17, 15) is 0 Å². The lowest BCUT2D eigenvalue weighted by molar-refractivity contribution is 0.420. The number of hydrogen-bond donors (Lipinski definition) is 3. The van der Waals surface area contributed by atoms with E-state index in [2.05, 4.69) is 25.9 Å². The van der Waals surface area contributed by atoms with Crippen LogP contribution >= 0.6 is 0 Å². The van der Waals surface area contributed by atoms with Gasteiger partial charge in [0.2, 0.25) is 5.96 Å². The number of rotatable bonds is 8. The first-order valence-electron chi connectivity index (χ1n) is 6.81. The molecule has 8 heteroatoms. The van der Waals surface area contributed by atoms with Gasteiger partial charge in [-0.05, 0) is 21.0 Å². The number of aromatic nitrogens is 1. The molecular weight excluding hydrogens is 270 g/mol. The Balaban J connectivity index is 2.21. The van der Waals surface area contributed by atoms with Gasteiger partial charge < -0.3 is 20.0 Å². The van der Waals surface area contributed by atoms with Crippen molar-refractivity contribution in [3.05, 3.63) is 17.8 Å². The van der Waals surface area contributed by atoms with E-state index in [1.54, 1.807) is 0 Å². The Morgan fingerprint density at radius 1 is 1.48 bits per heavy atom. The van der Waals surface area contributed by atoms with Gasteiger partial charge >= 0.3 is 0 Å². The number of likely N-dealkylation sites (N-methyl/N-ethyl adjacent to an activating group) is 1. The lowest BCUT2D eigenvalue weighted by atomic mass is 10.3. The summed E-state index contributed by atoms with van der Waals surface area (Å²) < 4.78 is 5.23. The van der Waals surface area contributed by atoms with Gasteiger partial charge in [-0.15, -0.1) is 0 Å². The second kappa shape index (κ2) is 9.74. The molecule has 0 amide bonds. The molecule has 8 nitrogen and oxygen atoms in total. The summed E-state index contributed by atoms with van der Waals surface area (Å²) in [6.07, 6.45) is 3.32. The number of hydrogen-bond acceptors (Lipinski definition) is 6. The van der Waals surface area contributed by atoms with Crippen molar-refractivity contribution in [2.75, 3.05) is 40.3 Å². The molecule has 116 valence electrons. The van der Waals surface area contributed by atoms with Crippen molar-refractivity contribution in [3.63, 3.8) is 0 Å². The average molecular weight is 293 g/mol. The Bertz CT molecular complexity index is 475. The summed E-state index contributed by atoms with van der Waals surface area (Å²) in [6, 6.07) is 0. The number of guanidine groups is 1. The van der Waals surface area contributed by atoms with Crippen LogP contribution in [0.25, 0.3) is 0 Å². The van der Waals surface area contributed by atoms with Gasteiger partial charge in [0.25, 0.3) is 0 Å². The lowest BCUT2D eigenvalue weighted by Crippen LogP contribution is -2.39. The standard InChI is InChI=1S/C13H23N7O/c1-11-12(21-10-19-11)8-15-4-5-16-13(18-9-14)17-6-7-20(2)3/h10,15H,4-8H2,1-3H3,(H2,16,17,18). The van der Waals surface area contributed by atoms with E-state index < -0.39 is 0 Å². The molecule has 0 atom stereocenters. The summed E-state index contributed by atoms with van der Waals surface area (Å²) in [4.78, 5) is 10.4. The van der Waals surface area contributed by atoms with Crippen molar-refractivity contribution >= 4 is 5.96 Å². The molecule has 0 unspecified atom stereocenters. The van der Waals surface area contributed by atoms with Crippen molar-refractivity contribution < 1.29 is 4.42 Å². The third-order valence-corrected chi connectivity index (χ3v) is 2.72. The highest BCUT2D eigenvalue weighted by Gasteiger charge is 2.02. The number of nitrogens with zero attached hydrogens (tertiary/aromatic N) is 4. The third-order valence-electron chi connectivity index (χ3n) is 2.72. The molecular formula is C13H23N7O. The number of nitriles is 1. The van der Waals surface area contributed by atoms with E-state index in [0.29, 0.717) is 25.6 Å². The van der Waals surface area contributed by atoms with Crippen LogP contribution in [0, 0.1) is 18.4 Å². The molecule has 1 heterocycles. The van der Waals surface area contributed by atoms with E-state index in [0.717, 1.165) is 24.5 Å². The zero-order chi connectivity index (χ0) is 15.5. The van der Waals surface area contributed by atoms with Crippen molar-refractivity contribution in [2.24, 2.45) is 4.99 Å². The molecule has 0 saturated carbocycles. The van der Waals surface area contributed by atoms with Crippen LogP contribution in [0.1, 0.15) is 11.5 Å². The van der Waals surface area contributed by atoms with Crippen LogP contribution in [0.2, 0.25) is 0 Å². The minimum atomic E-state index is 0.497. The van der Waals surface area contributed by atoms with Gasteiger partial charge in [0, 0.05) is 19.6 Å². The van der Waals surface area contributed by atoms with E-state index in [-0.39, 0.29) is 0 Å². The van der Waals surface area contributed by atoms with Crippen LogP contribution in [0.4, 0.5) is 0 Å². The SMILES string of the molecule is Cc1ncoc1CNCCNC(=NCCN(C)C)NC#N. The molecule has 3 N–H and O–H groups in total. The quantitative estimate of drug-likeness (QED) is 0.198. The summed E-state index contributed by atoms with van der Waals surface area (Å²) >= 11 is 0. The van der Waals surface area contributed by atoms with Crippen LogP contribution in [0.5, 0.6) is 0 Å². The maximum atomic E-state index is 8.68. The molecule has 0 bridgehead atoms. The van der Waals surface area contributed by atoms with Gasteiger partial charge in [0.05, 0.1) is 18.8 Å². The van der Waals surface area contributed by atoms with Gasteiger partial charge in [-0.2, -0.15) is 5.26 Å². The first kappa shape index (κ1) is 16.9. The Morgan fingerprint density at radius 2 is 2.29 bits per heavy atom. The minimum Gasteiger partial charge on any atom is -0.447 e. The van der Waals surface area contributed by atoms with E-state index in [4.69, 9.17) is 9.68 Å². The fourth-order valence-electron chi connectivity index (χ4n) is 1.52. The number of oxazole rings is 1. The molecule has 1 aromatic heterocycles. The number of aryl methyl sites for hydroxylation is 1. The Hall–Kier alpha value is -2.11. The first-order chi connectivity index (χ1) is 10.1. The fraction of sp³-hybridized carbons (Fsp3) is 0.615. The predicted molar refractivity (Wildman–Crippen MR) is 80.6 cm³/mol. The molecule has 0 spiro atoms. The number of aliphatic imine (C=N–C) groups is 1. The Kier molecular flexibility index (Phi) is 7.86. The average Bonchev–Trinajstić information content (AvgIpc) is 2.83. The summed E-state index contributed by atoms with van der Waals surface area (Å²) in [5.74, 6) is 1.34. The van der Waals surface area contributed by atoms with Gasteiger partial charge in [0.15, 0.2) is 12.6 Å². The fourth-order valence-corrected chi connectivity index (χ4v) is 1.52. The molecule has 0 aromatic carbocycles. The Labute approximate surface area is 125 Å². The summed E-state index contributed by atoms with van der Waals surface area (Å²) in [5.41, 5.74) is 0.896. The molecule has 0 fully saturated rings. The highest BCUT2D eigenvalue weighted by Crippen LogP contribution is 2.03. The van der Waals surface area contributed by atoms with E-state index >= 15 is 0 Å². The monoisotopic (exact) mass is 293 g/mol. The van der Waals surface area contributed by atoms with Crippen LogP contribution in [-0.4, -0.2) is 56.1 Å². The van der Waals surface area contributed by atoms with Gasteiger partial charge in [-0.3, -0.25) is 10.3 Å². The summed E-state index contributed by atoms with van der Waals surface area (Å²) in [6.45, 7) is 5.38. The van der Waals surface area contributed by atoms with Crippen LogP contribution < -0.4 is 16.0 Å². The second-order valence-corrected chi connectivity index (χ2v) is 4.73. The largest absolute Gasteiger partial charge is 0.447 e. The Morgan fingerprint density at radius 3 is 2.90 bits per heavy atom. The molecule has 0 aliphatic carbocycles. The molecule has 0 aliphatic rings. The maximum Gasteiger partial charge on any atom is 0.204 e. The summed E-state index contributed by atoms with van der Waals surface area (Å²) in [7, 11) is 3.96. The van der Waals surface area contributed by atoms with Crippen LogP contribution in [-0.2, 0) is 6.54 Å². The molecule has 0 radical (unpaired) electrons. The van der Waals surface area contributed by atoms with Gasteiger partial charge in [-0.25, -0.2) is 4.98 Å². The topological polar surface area (TPSA) is 102 Å². The molecule has 1 rings (SSSR count). The highest BCUT2D eigenvalue weighted by molar-refractivity contribution is 5.81. The van der Waals surface area contributed by atoms with Crippen molar-refractivity contribution in [1.29, 1.82) is 5.26 Å². The van der Waals surface area contributed by atoms with E-state index in [1.807, 2.05) is 32.1 Å². The van der Waals surface area contributed by atoms with E-state index in [1.165, 1.54) is 6.39 Å². The van der Waals surface area contributed by atoms with Crippen molar-refractivity contribution in [2.45, 2.75) is 13.5 Å². The van der Waals surface area contributed by atoms with Crippen LogP contribution in [0.15, 0.2) is 15.8 Å². The molecule has 0 saturated heterocycles.